The highest BCUT2D eigenvalue weighted by Gasteiger charge is 2.29. The van der Waals surface area contributed by atoms with E-state index in [1.165, 1.54) is 42.5 Å². The molecule has 3 heterocycles. The third kappa shape index (κ3) is 2.15. The van der Waals surface area contributed by atoms with Crippen molar-refractivity contribution in [3.63, 3.8) is 0 Å². The normalized spacial score (nSPS) is 25.6. The van der Waals surface area contributed by atoms with Crippen LogP contribution in [0.5, 0.6) is 0 Å². The zero-order valence-corrected chi connectivity index (χ0v) is 14.1. The van der Waals surface area contributed by atoms with Gasteiger partial charge in [0.1, 0.15) is 9.98 Å². The number of piperidine rings is 1. The summed E-state index contributed by atoms with van der Waals surface area (Å²) in [5, 5.41) is 1.77. The average Bonchev–Trinajstić information content (AvgIpc) is 2.98. The molecule has 21 heavy (non-hydrogen) atoms. The Morgan fingerprint density at radius 3 is 2.62 bits per heavy atom. The maximum atomic E-state index is 6.53. The molecule has 2 aromatic rings. The van der Waals surface area contributed by atoms with Gasteiger partial charge >= 0.3 is 0 Å². The number of fused-ring (bicyclic) bond motifs is 3. The molecule has 0 bridgehead atoms. The lowest BCUT2D eigenvalue weighted by molar-refractivity contribution is 0.408. The number of anilines is 1. The van der Waals surface area contributed by atoms with E-state index in [-0.39, 0.29) is 0 Å². The Labute approximate surface area is 134 Å². The largest absolute Gasteiger partial charge is 0.335 e. The molecule has 4 rings (SSSR count). The lowest BCUT2D eigenvalue weighted by atomic mass is 9.98. The Morgan fingerprint density at radius 2 is 1.86 bits per heavy atom. The number of aryl methyl sites for hydroxylation is 2. The smallest absolute Gasteiger partial charge is 0.228 e. The van der Waals surface area contributed by atoms with E-state index in [9.17, 15) is 0 Å². The molecule has 1 aliphatic heterocycles. The van der Waals surface area contributed by atoms with Crippen LogP contribution in [0.3, 0.4) is 0 Å². The highest BCUT2D eigenvalue weighted by molar-refractivity contribution is 7.19. The van der Waals surface area contributed by atoms with E-state index in [0.717, 1.165) is 22.6 Å². The summed E-state index contributed by atoms with van der Waals surface area (Å²) in [6, 6.07) is 0.989. The van der Waals surface area contributed by atoms with Gasteiger partial charge in [-0.2, -0.15) is 0 Å². The zero-order valence-electron chi connectivity index (χ0n) is 12.5. The zero-order chi connectivity index (χ0) is 14.6. The van der Waals surface area contributed by atoms with Gasteiger partial charge in [0, 0.05) is 17.0 Å². The van der Waals surface area contributed by atoms with Gasteiger partial charge in [0.25, 0.3) is 0 Å². The predicted molar refractivity (Wildman–Crippen MR) is 89.7 cm³/mol. The summed E-state index contributed by atoms with van der Waals surface area (Å²) < 4.78 is 0. The maximum Gasteiger partial charge on any atom is 0.228 e. The Balaban J connectivity index is 1.83. The predicted octanol–water partition coefficient (Wildman–Crippen LogP) is 4.60. The second-order valence-corrected chi connectivity index (χ2v) is 7.83. The fourth-order valence-electron chi connectivity index (χ4n) is 3.87. The van der Waals surface area contributed by atoms with E-state index >= 15 is 0 Å². The SMILES string of the molecule is CC1CCCC(C)N1c1nc(Cl)c2c3c(sc2n1)CCC3. The Bertz CT molecular complexity index is 686. The van der Waals surface area contributed by atoms with E-state index in [0.29, 0.717) is 17.2 Å². The van der Waals surface area contributed by atoms with Crippen LogP contribution < -0.4 is 4.90 Å². The van der Waals surface area contributed by atoms with Crippen LogP contribution in [0, 0.1) is 0 Å². The number of aromatic nitrogens is 2. The van der Waals surface area contributed by atoms with Crippen molar-refractivity contribution in [2.75, 3.05) is 4.90 Å². The van der Waals surface area contributed by atoms with E-state index in [1.807, 2.05) is 11.3 Å². The van der Waals surface area contributed by atoms with Crippen LogP contribution >= 0.6 is 22.9 Å². The van der Waals surface area contributed by atoms with Crippen LogP contribution in [0.1, 0.15) is 50.0 Å². The number of rotatable bonds is 1. The summed E-state index contributed by atoms with van der Waals surface area (Å²) >= 11 is 8.35. The van der Waals surface area contributed by atoms with Crippen molar-refractivity contribution in [2.24, 2.45) is 0 Å². The molecule has 1 aliphatic carbocycles. The lowest BCUT2D eigenvalue weighted by Crippen LogP contribution is -2.44. The number of hydrogen-bond donors (Lipinski definition) is 0. The standard InChI is InChI=1S/C16H20ClN3S/c1-9-5-3-6-10(2)20(9)16-18-14(17)13-11-7-4-8-12(11)21-15(13)19-16/h9-10H,3-8H2,1-2H3. The van der Waals surface area contributed by atoms with Crippen molar-refractivity contribution < 1.29 is 0 Å². The topological polar surface area (TPSA) is 29.0 Å². The van der Waals surface area contributed by atoms with E-state index in [4.69, 9.17) is 16.6 Å². The molecule has 2 unspecified atom stereocenters. The van der Waals surface area contributed by atoms with Crippen molar-refractivity contribution in [2.45, 2.75) is 64.5 Å². The Morgan fingerprint density at radius 1 is 1.10 bits per heavy atom. The molecule has 0 aromatic carbocycles. The first-order chi connectivity index (χ1) is 10.1. The van der Waals surface area contributed by atoms with Crippen LogP contribution in [0.4, 0.5) is 5.95 Å². The van der Waals surface area contributed by atoms with Crippen molar-refractivity contribution in [1.29, 1.82) is 0 Å². The van der Waals surface area contributed by atoms with Gasteiger partial charge < -0.3 is 4.90 Å². The molecule has 1 saturated heterocycles. The van der Waals surface area contributed by atoms with Gasteiger partial charge in [0.15, 0.2) is 0 Å². The molecule has 112 valence electrons. The third-order valence-corrected chi connectivity index (χ3v) is 6.39. The van der Waals surface area contributed by atoms with Gasteiger partial charge in [-0.3, -0.25) is 0 Å². The monoisotopic (exact) mass is 321 g/mol. The summed E-state index contributed by atoms with van der Waals surface area (Å²) in [5.41, 5.74) is 1.41. The minimum absolute atomic E-state index is 0.495. The first kappa shape index (κ1) is 13.8. The number of thiophene rings is 1. The summed E-state index contributed by atoms with van der Waals surface area (Å²) in [4.78, 5) is 14.4. The molecule has 0 spiro atoms. The van der Waals surface area contributed by atoms with Crippen LogP contribution in [-0.4, -0.2) is 22.1 Å². The second kappa shape index (κ2) is 5.10. The fourth-order valence-corrected chi connectivity index (χ4v) is 5.46. The molecule has 0 saturated carbocycles. The lowest BCUT2D eigenvalue weighted by Gasteiger charge is -2.39. The number of nitrogens with zero attached hydrogens (tertiary/aromatic N) is 3. The Kier molecular flexibility index (Phi) is 3.34. The van der Waals surface area contributed by atoms with Crippen LogP contribution in [-0.2, 0) is 12.8 Å². The Hall–Kier alpha value is -0.870. The molecule has 5 heteroatoms. The minimum Gasteiger partial charge on any atom is -0.335 e. The van der Waals surface area contributed by atoms with Crippen molar-refractivity contribution in [3.05, 3.63) is 15.6 Å². The van der Waals surface area contributed by atoms with Gasteiger partial charge in [-0.05, 0) is 57.9 Å². The average molecular weight is 322 g/mol. The number of hydrogen-bond acceptors (Lipinski definition) is 4. The summed E-state index contributed by atoms with van der Waals surface area (Å²) in [5.74, 6) is 0.826. The highest BCUT2D eigenvalue weighted by Crippen LogP contribution is 2.40. The molecule has 1 fully saturated rings. The molecule has 0 amide bonds. The molecule has 2 atom stereocenters. The third-order valence-electron chi connectivity index (χ3n) is 4.93. The molecular weight excluding hydrogens is 302 g/mol. The molecule has 2 aromatic heterocycles. The van der Waals surface area contributed by atoms with Gasteiger partial charge in [0.05, 0.1) is 5.39 Å². The van der Waals surface area contributed by atoms with Crippen LogP contribution in [0.15, 0.2) is 0 Å². The molecular formula is C16H20ClN3S. The van der Waals surface area contributed by atoms with Crippen LogP contribution in [0.2, 0.25) is 5.15 Å². The van der Waals surface area contributed by atoms with Crippen LogP contribution in [0.25, 0.3) is 10.2 Å². The summed E-state index contributed by atoms with van der Waals surface area (Å²) in [7, 11) is 0. The highest BCUT2D eigenvalue weighted by atomic mass is 35.5. The first-order valence-electron chi connectivity index (χ1n) is 7.91. The summed E-state index contributed by atoms with van der Waals surface area (Å²) in [6.45, 7) is 4.54. The van der Waals surface area contributed by atoms with E-state index in [2.05, 4.69) is 23.7 Å². The molecule has 2 aliphatic rings. The first-order valence-corrected chi connectivity index (χ1v) is 9.10. The quantitative estimate of drug-likeness (QED) is 0.719. The van der Waals surface area contributed by atoms with Gasteiger partial charge in [-0.1, -0.05) is 11.6 Å². The van der Waals surface area contributed by atoms with Gasteiger partial charge in [-0.15, -0.1) is 11.3 Å². The summed E-state index contributed by atoms with van der Waals surface area (Å²) in [6.07, 6.45) is 7.28. The van der Waals surface area contributed by atoms with Gasteiger partial charge in [0.2, 0.25) is 5.95 Å². The van der Waals surface area contributed by atoms with E-state index < -0.39 is 0 Å². The fraction of sp³-hybridized carbons (Fsp3) is 0.625. The van der Waals surface area contributed by atoms with Crippen molar-refractivity contribution in [3.8, 4) is 0 Å². The molecule has 0 N–H and O–H groups in total. The minimum atomic E-state index is 0.495. The molecule has 0 radical (unpaired) electrons. The number of halogens is 1. The van der Waals surface area contributed by atoms with Gasteiger partial charge in [-0.25, -0.2) is 9.97 Å². The van der Waals surface area contributed by atoms with Crippen molar-refractivity contribution in [1.82, 2.24) is 9.97 Å². The molecule has 3 nitrogen and oxygen atoms in total. The van der Waals surface area contributed by atoms with E-state index in [1.54, 1.807) is 0 Å². The van der Waals surface area contributed by atoms with Crippen molar-refractivity contribution >= 4 is 39.1 Å². The maximum absolute atomic E-state index is 6.53. The second-order valence-electron chi connectivity index (χ2n) is 6.39.